The summed E-state index contributed by atoms with van der Waals surface area (Å²) in [5.41, 5.74) is 0. The van der Waals surface area contributed by atoms with E-state index in [9.17, 15) is 9.59 Å². The highest BCUT2D eigenvalue weighted by atomic mass is 32.1. The van der Waals surface area contributed by atoms with Gasteiger partial charge in [-0.05, 0) is 58.5 Å². The minimum atomic E-state index is -0.167. The maximum absolute atomic E-state index is 13.6. The molecule has 0 radical (unpaired) electrons. The fourth-order valence-electron chi connectivity index (χ4n) is 5.54. The Morgan fingerprint density at radius 3 is 2.23 bits per heavy atom. The number of aromatic nitrogens is 1. The van der Waals surface area contributed by atoms with Crippen LogP contribution in [0.5, 0.6) is 0 Å². The number of carbonyl (C=O) groups excluding carboxylic acids is 2. The predicted octanol–water partition coefficient (Wildman–Crippen LogP) is 4.31. The quantitative estimate of drug-likeness (QED) is 0.676. The molecular formula is C24H38N4O2S. The number of likely N-dealkylation sites (tertiary alicyclic amines) is 2. The van der Waals surface area contributed by atoms with Gasteiger partial charge in [-0.3, -0.25) is 19.4 Å². The molecule has 1 unspecified atom stereocenters. The second-order valence-corrected chi connectivity index (χ2v) is 10.4. The van der Waals surface area contributed by atoms with Gasteiger partial charge < -0.3 is 4.90 Å². The fourth-order valence-corrected chi connectivity index (χ4v) is 6.26. The topological polar surface area (TPSA) is 56.8 Å². The molecule has 172 valence electrons. The molecule has 2 aliphatic heterocycles. The van der Waals surface area contributed by atoms with Gasteiger partial charge in [0.05, 0.1) is 6.04 Å². The Morgan fingerprint density at radius 1 is 0.968 bits per heavy atom. The molecule has 1 atom stereocenters. The van der Waals surface area contributed by atoms with E-state index in [1.54, 1.807) is 17.5 Å². The summed E-state index contributed by atoms with van der Waals surface area (Å²) in [6.45, 7) is 5.56. The summed E-state index contributed by atoms with van der Waals surface area (Å²) >= 11 is 1.56. The first-order valence-corrected chi connectivity index (χ1v) is 13.3. The van der Waals surface area contributed by atoms with E-state index in [0.29, 0.717) is 5.91 Å². The van der Waals surface area contributed by atoms with Crippen LogP contribution < -0.4 is 4.90 Å². The molecule has 31 heavy (non-hydrogen) atoms. The number of hydrogen-bond acceptors (Lipinski definition) is 5. The van der Waals surface area contributed by atoms with Crippen LogP contribution in [0.15, 0.2) is 11.6 Å². The number of rotatable bonds is 5. The molecule has 4 rings (SSSR count). The van der Waals surface area contributed by atoms with E-state index < -0.39 is 0 Å². The first-order chi connectivity index (χ1) is 15.1. The number of thiazole rings is 1. The molecule has 1 aromatic heterocycles. The van der Waals surface area contributed by atoms with Crippen molar-refractivity contribution in [1.29, 1.82) is 0 Å². The van der Waals surface area contributed by atoms with Gasteiger partial charge in [-0.15, -0.1) is 11.3 Å². The number of nitrogens with zero attached hydrogens (tertiary/aromatic N) is 4. The summed E-state index contributed by atoms with van der Waals surface area (Å²) in [5, 5.41) is 2.80. The Bertz CT molecular complexity index is 703. The minimum Gasteiger partial charge on any atom is -0.342 e. The van der Waals surface area contributed by atoms with Crippen molar-refractivity contribution in [3.8, 4) is 0 Å². The van der Waals surface area contributed by atoms with Crippen LogP contribution in [0.25, 0.3) is 0 Å². The van der Waals surface area contributed by atoms with Gasteiger partial charge in [-0.1, -0.05) is 32.1 Å². The zero-order valence-corrected chi connectivity index (χ0v) is 19.8. The Hall–Kier alpha value is -1.47. The molecule has 2 saturated heterocycles. The third-order valence-corrected chi connectivity index (χ3v) is 8.28. The molecule has 3 aliphatic rings. The van der Waals surface area contributed by atoms with E-state index in [4.69, 9.17) is 0 Å². The molecule has 0 spiro atoms. The number of amides is 2. The highest BCUT2D eigenvalue weighted by Gasteiger charge is 2.36. The van der Waals surface area contributed by atoms with Gasteiger partial charge in [0.1, 0.15) is 0 Å². The van der Waals surface area contributed by atoms with Gasteiger partial charge in [0.25, 0.3) is 0 Å². The molecular weight excluding hydrogens is 408 g/mol. The van der Waals surface area contributed by atoms with E-state index in [-0.39, 0.29) is 23.9 Å². The van der Waals surface area contributed by atoms with Crippen LogP contribution in [0.2, 0.25) is 0 Å². The molecule has 1 aliphatic carbocycles. The molecule has 0 bridgehead atoms. The Labute approximate surface area is 191 Å². The first-order valence-electron chi connectivity index (χ1n) is 12.4. The summed E-state index contributed by atoms with van der Waals surface area (Å²) in [7, 11) is 0. The van der Waals surface area contributed by atoms with Crippen LogP contribution in [-0.4, -0.2) is 64.9 Å². The first kappa shape index (κ1) is 22.7. The number of carbonyl (C=O) groups is 2. The SMILES string of the molecule is CC(C(=O)N(c1nccs1)C1CCCCC1)N1CCC(C(=O)N2CCCCCC2)CC1. The largest absolute Gasteiger partial charge is 0.342 e. The van der Waals surface area contributed by atoms with Gasteiger partial charge in [-0.25, -0.2) is 4.98 Å². The normalized spacial score (nSPS) is 23.3. The summed E-state index contributed by atoms with van der Waals surface area (Å²) in [4.78, 5) is 37.5. The van der Waals surface area contributed by atoms with E-state index in [1.165, 1.54) is 32.1 Å². The van der Waals surface area contributed by atoms with Crippen LogP contribution in [0.3, 0.4) is 0 Å². The summed E-state index contributed by atoms with van der Waals surface area (Å²) < 4.78 is 0. The van der Waals surface area contributed by atoms with Crippen LogP contribution in [0, 0.1) is 5.92 Å². The van der Waals surface area contributed by atoms with Crippen LogP contribution in [0.1, 0.15) is 77.6 Å². The predicted molar refractivity (Wildman–Crippen MR) is 125 cm³/mol. The van der Waals surface area contributed by atoms with Crippen molar-refractivity contribution in [2.45, 2.75) is 89.6 Å². The van der Waals surface area contributed by atoms with Gasteiger partial charge in [0, 0.05) is 36.6 Å². The van der Waals surface area contributed by atoms with E-state index in [0.717, 1.165) is 69.8 Å². The number of anilines is 1. The molecule has 1 saturated carbocycles. The minimum absolute atomic E-state index is 0.130. The van der Waals surface area contributed by atoms with Crippen LogP contribution in [0.4, 0.5) is 5.13 Å². The Kier molecular flexibility index (Phi) is 7.99. The second kappa shape index (κ2) is 10.9. The fraction of sp³-hybridized carbons (Fsp3) is 0.792. The molecule has 2 amide bonds. The molecule has 1 aromatic rings. The third-order valence-electron chi connectivity index (χ3n) is 7.50. The smallest absolute Gasteiger partial charge is 0.246 e. The van der Waals surface area contributed by atoms with Gasteiger partial charge in [-0.2, -0.15) is 0 Å². The molecule has 6 nitrogen and oxygen atoms in total. The lowest BCUT2D eigenvalue weighted by Gasteiger charge is -2.40. The van der Waals surface area contributed by atoms with Crippen LogP contribution in [-0.2, 0) is 9.59 Å². The van der Waals surface area contributed by atoms with E-state index in [1.807, 2.05) is 17.2 Å². The van der Waals surface area contributed by atoms with Crippen molar-refractivity contribution in [3.05, 3.63) is 11.6 Å². The van der Waals surface area contributed by atoms with Crippen molar-refractivity contribution in [3.63, 3.8) is 0 Å². The zero-order valence-electron chi connectivity index (χ0n) is 19.0. The third kappa shape index (κ3) is 5.48. The average molecular weight is 447 g/mol. The molecule has 7 heteroatoms. The molecule has 3 heterocycles. The summed E-state index contributed by atoms with van der Waals surface area (Å²) in [6.07, 6.45) is 14.1. The number of hydrogen-bond donors (Lipinski definition) is 0. The Balaban J connectivity index is 1.36. The van der Waals surface area contributed by atoms with Gasteiger partial charge in [0.15, 0.2) is 5.13 Å². The lowest BCUT2D eigenvalue weighted by Crippen LogP contribution is -2.54. The monoisotopic (exact) mass is 446 g/mol. The Morgan fingerprint density at radius 2 is 1.61 bits per heavy atom. The van der Waals surface area contributed by atoms with E-state index >= 15 is 0 Å². The average Bonchev–Trinajstić information content (AvgIpc) is 3.20. The van der Waals surface area contributed by atoms with E-state index in [2.05, 4.69) is 14.8 Å². The van der Waals surface area contributed by atoms with Gasteiger partial charge in [0.2, 0.25) is 11.8 Å². The second-order valence-electron chi connectivity index (χ2n) is 9.54. The standard InChI is InChI=1S/C24H38N4O2S/c1-19(22(29)28(24-25-13-18-31-24)21-9-5-4-6-10-21)26-16-11-20(12-17-26)23(30)27-14-7-2-3-8-15-27/h13,18-21H,2-12,14-17H2,1H3. The number of piperidine rings is 1. The highest BCUT2D eigenvalue weighted by Crippen LogP contribution is 2.31. The van der Waals surface area contributed by atoms with Crippen molar-refractivity contribution in [1.82, 2.24) is 14.8 Å². The lowest BCUT2D eigenvalue weighted by molar-refractivity contribution is -0.137. The lowest BCUT2D eigenvalue weighted by atomic mass is 9.92. The van der Waals surface area contributed by atoms with Crippen molar-refractivity contribution >= 4 is 28.3 Å². The molecule has 3 fully saturated rings. The van der Waals surface area contributed by atoms with Crippen molar-refractivity contribution in [2.24, 2.45) is 5.92 Å². The van der Waals surface area contributed by atoms with Crippen LogP contribution >= 0.6 is 11.3 Å². The highest BCUT2D eigenvalue weighted by molar-refractivity contribution is 7.13. The molecule has 0 aromatic carbocycles. The maximum Gasteiger partial charge on any atom is 0.246 e. The summed E-state index contributed by atoms with van der Waals surface area (Å²) in [5.74, 6) is 0.663. The van der Waals surface area contributed by atoms with Crippen molar-refractivity contribution in [2.75, 3.05) is 31.1 Å². The summed E-state index contributed by atoms with van der Waals surface area (Å²) in [6, 6.07) is 0.108. The zero-order chi connectivity index (χ0) is 21.6. The van der Waals surface area contributed by atoms with Gasteiger partial charge >= 0.3 is 0 Å². The molecule has 0 N–H and O–H groups in total. The van der Waals surface area contributed by atoms with Crippen molar-refractivity contribution < 1.29 is 9.59 Å². The maximum atomic E-state index is 13.6.